The summed E-state index contributed by atoms with van der Waals surface area (Å²) in [6.07, 6.45) is 2.35. The number of carbonyl (C=O) groups excluding carboxylic acids is 1. The van der Waals surface area contributed by atoms with Crippen LogP contribution in [0.3, 0.4) is 0 Å². The summed E-state index contributed by atoms with van der Waals surface area (Å²) in [5, 5.41) is 23.3. The second-order valence-corrected chi connectivity index (χ2v) is 9.57. The molecule has 0 fully saturated rings. The van der Waals surface area contributed by atoms with Crippen molar-refractivity contribution in [3.8, 4) is 11.8 Å². The molecule has 2 N–H and O–H groups in total. The zero-order valence-electron chi connectivity index (χ0n) is 19.4. The van der Waals surface area contributed by atoms with Gasteiger partial charge in [-0.1, -0.05) is 29.8 Å². The fourth-order valence-electron chi connectivity index (χ4n) is 4.20. The van der Waals surface area contributed by atoms with Crippen LogP contribution in [0.25, 0.3) is 16.6 Å². The van der Waals surface area contributed by atoms with E-state index >= 15 is 0 Å². The third-order valence-electron chi connectivity index (χ3n) is 5.76. The number of aliphatic carboxylic acids is 1. The van der Waals surface area contributed by atoms with Crippen molar-refractivity contribution in [2.24, 2.45) is 0 Å². The second kappa shape index (κ2) is 9.65. The number of hydrogen-bond acceptors (Lipinski definition) is 3. The molecular formula is C28H24ClN3O3. The van der Waals surface area contributed by atoms with Crippen molar-refractivity contribution >= 4 is 34.4 Å². The molecule has 0 bridgehead atoms. The minimum absolute atomic E-state index is 0.145. The predicted octanol–water partition coefficient (Wildman–Crippen LogP) is 5.53. The molecule has 6 nitrogen and oxygen atoms in total. The molecule has 176 valence electrons. The molecular weight excluding hydrogens is 462 g/mol. The summed E-state index contributed by atoms with van der Waals surface area (Å²) in [6.45, 7) is 3.96. The van der Waals surface area contributed by atoms with E-state index in [1.807, 2.05) is 67.1 Å². The standard InChI is InChI=1S/C28H24ClN3O3/c1-28(2,16-18-3-7-23(29)8-4-18)31-27(35)21-6-10-24-20(15-21)11-12-32(24)25-9-5-19(14-26(33)34)13-22(25)17-30/h3-13,15H,14,16H2,1-2H3,(H,31,35)(H,33,34). The van der Waals surface area contributed by atoms with Crippen LogP contribution >= 0.6 is 11.6 Å². The molecule has 4 aromatic rings. The summed E-state index contributed by atoms with van der Waals surface area (Å²) in [7, 11) is 0. The normalized spacial score (nSPS) is 11.3. The number of nitriles is 1. The van der Waals surface area contributed by atoms with E-state index in [1.165, 1.54) is 0 Å². The average Bonchev–Trinajstić information content (AvgIpc) is 3.22. The van der Waals surface area contributed by atoms with E-state index in [0.29, 0.717) is 33.8 Å². The highest BCUT2D eigenvalue weighted by atomic mass is 35.5. The number of carboxylic acid groups (broad SMARTS) is 1. The van der Waals surface area contributed by atoms with Crippen molar-refractivity contribution in [1.82, 2.24) is 9.88 Å². The van der Waals surface area contributed by atoms with E-state index in [0.717, 1.165) is 16.5 Å². The molecule has 0 radical (unpaired) electrons. The van der Waals surface area contributed by atoms with Crippen molar-refractivity contribution < 1.29 is 14.7 Å². The maximum atomic E-state index is 13.0. The van der Waals surface area contributed by atoms with Gasteiger partial charge in [-0.3, -0.25) is 9.59 Å². The Kier molecular flexibility index (Phi) is 6.63. The highest BCUT2D eigenvalue weighted by molar-refractivity contribution is 6.30. The number of halogens is 1. The Morgan fingerprint density at radius 1 is 1.03 bits per heavy atom. The summed E-state index contributed by atoms with van der Waals surface area (Å²) < 4.78 is 1.87. The quantitative estimate of drug-likeness (QED) is 0.359. The van der Waals surface area contributed by atoms with Gasteiger partial charge in [-0.05, 0) is 79.9 Å². The molecule has 0 unspecified atom stereocenters. The van der Waals surface area contributed by atoms with E-state index in [2.05, 4.69) is 11.4 Å². The first-order valence-corrected chi connectivity index (χ1v) is 11.5. The Labute approximate surface area is 208 Å². The molecule has 0 spiro atoms. The Balaban J connectivity index is 1.57. The molecule has 1 amide bonds. The number of carbonyl (C=O) groups is 2. The molecule has 0 aliphatic rings. The van der Waals surface area contributed by atoms with Gasteiger partial charge in [-0.15, -0.1) is 0 Å². The van der Waals surface area contributed by atoms with Gasteiger partial charge in [0.15, 0.2) is 0 Å². The van der Waals surface area contributed by atoms with Crippen LogP contribution in [-0.4, -0.2) is 27.1 Å². The van der Waals surface area contributed by atoms with Gasteiger partial charge in [0.1, 0.15) is 6.07 Å². The maximum Gasteiger partial charge on any atom is 0.307 e. The van der Waals surface area contributed by atoms with E-state index in [4.69, 9.17) is 16.7 Å². The lowest BCUT2D eigenvalue weighted by molar-refractivity contribution is -0.136. The number of aromatic nitrogens is 1. The van der Waals surface area contributed by atoms with Gasteiger partial charge in [0, 0.05) is 27.7 Å². The highest BCUT2D eigenvalue weighted by Crippen LogP contribution is 2.25. The second-order valence-electron chi connectivity index (χ2n) is 9.13. The number of nitrogens with one attached hydrogen (secondary N) is 1. The fraction of sp³-hybridized carbons (Fsp3) is 0.179. The van der Waals surface area contributed by atoms with E-state index in [-0.39, 0.29) is 12.3 Å². The van der Waals surface area contributed by atoms with Crippen LogP contribution in [0.1, 0.15) is 40.9 Å². The van der Waals surface area contributed by atoms with Crippen LogP contribution in [0.5, 0.6) is 0 Å². The van der Waals surface area contributed by atoms with Crippen molar-refractivity contribution in [2.45, 2.75) is 32.2 Å². The van der Waals surface area contributed by atoms with E-state index in [1.54, 1.807) is 24.3 Å². The van der Waals surface area contributed by atoms with Crippen LogP contribution < -0.4 is 5.32 Å². The van der Waals surface area contributed by atoms with Crippen molar-refractivity contribution in [3.63, 3.8) is 0 Å². The Morgan fingerprint density at radius 2 is 1.74 bits per heavy atom. The summed E-state index contributed by atoms with van der Waals surface area (Å²) in [4.78, 5) is 24.0. The van der Waals surface area contributed by atoms with Gasteiger partial charge in [-0.2, -0.15) is 5.26 Å². The first kappa shape index (κ1) is 24.1. The first-order valence-electron chi connectivity index (χ1n) is 11.1. The molecule has 0 atom stereocenters. The largest absolute Gasteiger partial charge is 0.481 e. The summed E-state index contributed by atoms with van der Waals surface area (Å²) in [6, 6.07) is 22.1. The Hall–Kier alpha value is -4.08. The Morgan fingerprint density at radius 3 is 2.43 bits per heavy atom. The maximum absolute atomic E-state index is 13.0. The number of benzene rings is 3. The van der Waals surface area contributed by atoms with E-state index in [9.17, 15) is 14.9 Å². The van der Waals surface area contributed by atoms with Gasteiger partial charge in [-0.25, -0.2) is 0 Å². The molecule has 0 aliphatic carbocycles. The first-order chi connectivity index (χ1) is 16.6. The predicted molar refractivity (Wildman–Crippen MR) is 136 cm³/mol. The summed E-state index contributed by atoms with van der Waals surface area (Å²) >= 11 is 5.97. The number of rotatable bonds is 7. The van der Waals surface area contributed by atoms with Gasteiger partial charge >= 0.3 is 5.97 Å². The third-order valence-corrected chi connectivity index (χ3v) is 6.01. The zero-order valence-corrected chi connectivity index (χ0v) is 20.1. The van der Waals surface area contributed by atoms with Gasteiger partial charge in [0.2, 0.25) is 0 Å². The molecule has 0 saturated heterocycles. The van der Waals surface area contributed by atoms with Gasteiger partial charge in [0.25, 0.3) is 5.91 Å². The molecule has 4 rings (SSSR count). The topological polar surface area (TPSA) is 95.1 Å². The number of amides is 1. The lowest BCUT2D eigenvalue weighted by atomic mass is 9.94. The molecule has 0 aliphatic heterocycles. The van der Waals surface area contributed by atoms with Crippen LogP contribution in [-0.2, 0) is 17.6 Å². The molecule has 3 aromatic carbocycles. The SMILES string of the molecule is CC(C)(Cc1ccc(Cl)cc1)NC(=O)c1ccc2c(ccn2-c2ccc(CC(=O)O)cc2C#N)c1. The van der Waals surface area contributed by atoms with Crippen LogP contribution in [0.4, 0.5) is 0 Å². The van der Waals surface area contributed by atoms with Gasteiger partial charge in [0.05, 0.1) is 23.2 Å². The fourth-order valence-corrected chi connectivity index (χ4v) is 4.32. The summed E-state index contributed by atoms with van der Waals surface area (Å²) in [5.41, 5.74) is 3.58. The van der Waals surface area contributed by atoms with Gasteiger partial charge < -0.3 is 15.0 Å². The van der Waals surface area contributed by atoms with Crippen LogP contribution in [0.2, 0.25) is 5.02 Å². The number of fused-ring (bicyclic) bond motifs is 1. The number of hydrogen-bond donors (Lipinski definition) is 2. The third kappa shape index (κ3) is 5.53. The smallest absolute Gasteiger partial charge is 0.307 e. The van der Waals surface area contributed by atoms with Crippen molar-refractivity contribution in [1.29, 1.82) is 5.26 Å². The van der Waals surface area contributed by atoms with Crippen molar-refractivity contribution in [3.05, 3.63) is 100 Å². The molecule has 0 saturated carbocycles. The minimum atomic E-state index is -0.949. The monoisotopic (exact) mass is 485 g/mol. The van der Waals surface area contributed by atoms with Crippen LogP contribution in [0, 0.1) is 11.3 Å². The van der Waals surface area contributed by atoms with E-state index < -0.39 is 11.5 Å². The minimum Gasteiger partial charge on any atom is -0.481 e. The van der Waals surface area contributed by atoms with Crippen molar-refractivity contribution in [2.75, 3.05) is 0 Å². The lowest BCUT2D eigenvalue weighted by Crippen LogP contribution is -2.45. The number of carboxylic acids is 1. The Bertz CT molecular complexity index is 1460. The zero-order chi connectivity index (χ0) is 25.2. The number of nitrogens with zero attached hydrogens (tertiary/aromatic N) is 2. The molecule has 7 heteroatoms. The highest BCUT2D eigenvalue weighted by Gasteiger charge is 2.22. The average molecular weight is 486 g/mol. The molecule has 1 aromatic heterocycles. The molecule has 1 heterocycles. The van der Waals surface area contributed by atoms with Crippen LogP contribution in [0.15, 0.2) is 72.9 Å². The molecule has 35 heavy (non-hydrogen) atoms. The summed E-state index contributed by atoms with van der Waals surface area (Å²) in [5.74, 6) is -1.12. The lowest BCUT2D eigenvalue weighted by Gasteiger charge is -2.26.